The molecule has 0 bridgehead atoms. The van der Waals surface area contributed by atoms with Gasteiger partial charge in [0.2, 0.25) is 11.6 Å². The van der Waals surface area contributed by atoms with Gasteiger partial charge in [-0.1, -0.05) is 6.92 Å². The summed E-state index contributed by atoms with van der Waals surface area (Å²) in [6.45, 7) is 1.76. The van der Waals surface area contributed by atoms with Gasteiger partial charge in [-0.3, -0.25) is 9.20 Å². The number of alkyl halides is 3. The Morgan fingerprint density at radius 2 is 2.11 bits per heavy atom. The maximum Gasteiger partial charge on any atom is 0.393 e. The van der Waals surface area contributed by atoms with Gasteiger partial charge in [-0.2, -0.15) is 18.4 Å². The SMILES string of the molecule is CCc1nc2ncc(CC(F)(F)F)cn2c1C(=O)c1ccc(O)c(C#N)c1. The average molecular weight is 374 g/mol. The van der Waals surface area contributed by atoms with Crippen molar-refractivity contribution < 1.29 is 23.1 Å². The number of hydrogen-bond donors (Lipinski definition) is 1. The lowest BCUT2D eigenvalue weighted by Gasteiger charge is -2.08. The van der Waals surface area contributed by atoms with Crippen LogP contribution >= 0.6 is 0 Å². The van der Waals surface area contributed by atoms with E-state index in [1.54, 1.807) is 13.0 Å². The number of aromatic hydroxyl groups is 1. The van der Waals surface area contributed by atoms with Crippen LogP contribution < -0.4 is 0 Å². The number of phenolic OH excluding ortho intramolecular Hbond substituents is 1. The molecule has 0 aliphatic carbocycles. The van der Waals surface area contributed by atoms with Gasteiger partial charge in [-0.05, 0) is 30.2 Å². The van der Waals surface area contributed by atoms with Crippen molar-refractivity contribution in [2.45, 2.75) is 25.9 Å². The van der Waals surface area contributed by atoms with E-state index in [0.717, 1.165) is 6.20 Å². The molecule has 2 heterocycles. The fraction of sp³-hybridized carbons (Fsp3) is 0.222. The fourth-order valence-electron chi connectivity index (χ4n) is 2.73. The molecule has 3 aromatic rings. The van der Waals surface area contributed by atoms with Gasteiger partial charge in [0.1, 0.15) is 17.5 Å². The van der Waals surface area contributed by atoms with Crippen molar-refractivity contribution >= 4 is 11.6 Å². The van der Waals surface area contributed by atoms with E-state index in [4.69, 9.17) is 5.26 Å². The lowest BCUT2D eigenvalue weighted by molar-refractivity contribution is -0.127. The van der Waals surface area contributed by atoms with Crippen LogP contribution in [-0.2, 0) is 12.8 Å². The number of rotatable bonds is 4. The van der Waals surface area contributed by atoms with Crippen LogP contribution in [0.25, 0.3) is 5.78 Å². The number of aromatic nitrogens is 3. The van der Waals surface area contributed by atoms with Crippen molar-refractivity contribution in [3.8, 4) is 11.8 Å². The molecule has 2 aromatic heterocycles. The minimum absolute atomic E-state index is 0.0800. The molecule has 0 fully saturated rings. The molecule has 6 nitrogen and oxygen atoms in total. The topological polar surface area (TPSA) is 91.3 Å². The summed E-state index contributed by atoms with van der Waals surface area (Å²) in [5, 5.41) is 18.6. The quantitative estimate of drug-likeness (QED) is 0.708. The Bertz CT molecular complexity index is 1080. The van der Waals surface area contributed by atoms with Crippen LogP contribution in [0, 0.1) is 11.3 Å². The minimum atomic E-state index is -4.41. The van der Waals surface area contributed by atoms with E-state index in [1.165, 1.54) is 28.8 Å². The molecule has 0 saturated carbocycles. The number of aryl methyl sites for hydroxylation is 1. The molecule has 27 heavy (non-hydrogen) atoms. The highest BCUT2D eigenvalue weighted by molar-refractivity contribution is 6.09. The summed E-state index contributed by atoms with van der Waals surface area (Å²) in [5.41, 5.74) is 0.389. The van der Waals surface area contributed by atoms with Crippen molar-refractivity contribution in [3.05, 3.63) is 58.7 Å². The Hall–Kier alpha value is -3.41. The first-order valence-corrected chi connectivity index (χ1v) is 7.94. The van der Waals surface area contributed by atoms with Gasteiger partial charge in [0.25, 0.3) is 0 Å². The number of carbonyl (C=O) groups excluding carboxylic acids is 1. The van der Waals surface area contributed by atoms with E-state index in [2.05, 4.69) is 9.97 Å². The molecule has 0 aliphatic rings. The van der Waals surface area contributed by atoms with Crippen molar-refractivity contribution in [2.24, 2.45) is 0 Å². The molecule has 1 aromatic carbocycles. The Labute approximate surface area is 151 Å². The molecule has 3 rings (SSSR count). The zero-order valence-electron chi connectivity index (χ0n) is 14.1. The molecule has 0 aliphatic heterocycles. The van der Waals surface area contributed by atoms with Gasteiger partial charge in [0.15, 0.2) is 0 Å². The fourth-order valence-corrected chi connectivity index (χ4v) is 2.73. The van der Waals surface area contributed by atoms with Crippen LogP contribution in [0.15, 0.2) is 30.6 Å². The second-order valence-electron chi connectivity index (χ2n) is 5.86. The summed E-state index contributed by atoms with van der Waals surface area (Å²) in [7, 11) is 0. The summed E-state index contributed by atoms with van der Waals surface area (Å²) in [4.78, 5) is 21.1. The molecule has 0 atom stereocenters. The van der Waals surface area contributed by atoms with Gasteiger partial charge in [0, 0.05) is 18.0 Å². The number of hydrogen-bond acceptors (Lipinski definition) is 5. The lowest BCUT2D eigenvalue weighted by Crippen LogP contribution is -2.13. The van der Waals surface area contributed by atoms with Crippen molar-refractivity contribution in [1.82, 2.24) is 14.4 Å². The highest BCUT2D eigenvalue weighted by Gasteiger charge is 2.29. The Kier molecular flexibility index (Phi) is 4.57. The normalized spacial score (nSPS) is 11.5. The second-order valence-corrected chi connectivity index (χ2v) is 5.86. The Morgan fingerprint density at radius 3 is 2.74 bits per heavy atom. The van der Waals surface area contributed by atoms with Crippen LogP contribution in [0.4, 0.5) is 13.2 Å². The number of halogens is 3. The second kappa shape index (κ2) is 6.72. The number of ketones is 1. The van der Waals surface area contributed by atoms with Crippen LogP contribution in [0.5, 0.6) is 5.75 Å². The number of nitriles is 1. The third-order valence-corrected chi connectivity index (χ3v) is 3.94. The zero-order valence-corrected chi connectivity index (χ0v) is 14.1. The summed E-state index contributed by atoms with van der Waals surface area (Å²) >= 11 is 0. The van der Waals surface area contributed by atoms with E-state index in [1.807, 2.05) is 0 Å². The molecule has 1 N–H and O–H groups in total. The number of benzene rings is 1. The van der Waals surface area contributed by atoms with Crippen LogP contribution in [-0.4, -0.2) is 31.4 Å². The number of phenols is 1. The summed E-state index contributed by atoms with van der Waals surface area (Å²) < 4.78 is 39.3. The van der Waals surface area contributed by atoms with Gasteiger partial charge in [-0.25, -0.2) is 9.97 Å². The molecular formula is C18H13F3N4O2. The average Bonchev–Trinajstić information content (AvgIpc) is 2.98. The Morgan fingerprint density at radius 1 is 1.37 bits per heavy atom. The van der Waals surface area contributed by atoms with Crippen molar-refractivity contribution in [1.29, 1.82) is 5.26 Å². The maximum absolute atomic E-state index is 13.0. The molecule has 0 amide bonds. The highest BCUT2D eigenvalue weighted by Crippen LogP contribution is 2.24. The number of nitrogens with zero attached hydrogens (tertiary/aromatic N) is 4. The monoisotopic (exact) mass is 374 g/mol. The van der Waals surface area contributed by atoms with E-state index in [-0.39, 0.29) is 33.9 Å². The minimum Gasteiger partial charge on any atom is -0.507 e. The van der Waals surface area contributed by atoms with E-state index in [0.29, 0.717) is 12.1 Å². The predicted octanol–water partition coefficient (Wildman–Crippen LogP) is 3.20. The standard InChI is InChI=1S/C18H13F3N4O2/c1-2-13-15(16(27)11-3-4-14(26)12(5-11)7-22)25-9-10(6-18(19,20)21)8-23-17(25)24-13/h3-5,8-9,26H,2,6H2,1H3. The smallest absolute Gasteiger partial charge is 0.393 e. The first-order valence-electron chi connectivity index (χ1n) is 7.94. The Balaban J connectivity index is 2.15. The predicted molar refractivity (Wildman–Crippen MR) is 88.4 cm³/mol. The van der Waals surface area contributed by atoms with Gasteiger partial charge in [-0.15, -0.1) is 0 Å². The lowest BCUT2D eigenvalue weighted by atomic mass is 10.0. The van der Waals surface area contributed by atoms with E-state index >= 15 is 0 Å². The van der Waals surface area contributed by atoms with Crippen LogP contribution in [0.3, 0.4) is 0 Å². The number of carbonyl (C=O) groups is 1. The van der Waals surface area contributed by atoms with Gasteiger partial charge in [0.05, 0.1) is 17.7 Å². The maximum atomic E-state index is 13.0. The van der Waals surface area contributed by atoms with E-state index in [9.17, 15) is 23.1 Å². The molecular weight excluding hydrogens is 361 g/mol. The van der Waals surface area contributed by atoms with E-state index < -0.39 is 18.4 Å². The molecule has 0 unspecified atom stereocenters. The summed E-state index contributed by atoms with van der Waals surface area (Å²) in [5.74, 6) is -0.681. The molecule has 9 heteroatoms. The number of imidazole rings is 1. The summed E-state index contributed by atoms with van der Waals surface area (Å²) in [6.07, 6.45) is -2.95. The first kappa shape index (κ1) is 18.4. The largest absolute Gasteiger partial charge is 0.507 e. The molecule has 138 valence electrons. The van der Waals surface area contributed by atoms with Crippen LogP contribution in [0.2, 0.25) is 0 Å². The third kappa shape index (κ3) is 3.60. The molecule has 0 radical (unpaired) electrons. The zero-order chi connectivity index (χ0) is 19.8. The first-order chi connectivity index (χ1) is 12.7. The molecule has 0 saturated heterocycles. The van der Waals surface area contributed by atoms with Crippen molar-refractivity contribution in [2.75, 3.05) is 0 Å². The number of fused-ring (bicyclic) bond motifs is 1. The summed E-state index contributed by atoms with van der Waals surface area (Å²) in [6, 6.07) is 5.55. The molecule has 0 spiro atoms. The van der Waals surface area contributed by atoms with Gasteiger partial charge >= 0.3 is 6.18 Å². The van der Waals surface area contributed by atoms with Gasteiger partial charge < -0.3 is 5.11 Å². The van der Waals surface area contributed by atoms with Crippen molar-refractivity contribution in [3.63, 3.8) is 0 Å². The third-order valence-electron chi connectivity index (χ3n) is 3.94. The van der Waals surface area contributed by atoms with Crippen LogP contribution in [0.1, 0.15) is 39.8 Å². The highest BCUT2D eigenvalue weighted by atomic mass is 19.4.